The van der Waals surface area contributed by atoms with Crippen LogP contribution in [0.3, 0.4) is 0 Å². The number of nitrogens with two attached hydrogens (primary N) is 1. The van der Waals surface area contributed by atoms with E-state index in [1.165, 1.54) is 38.8 Å². The van der Waals surface area contributed by atoms with Crippen LogP contribution in [0.1, 0.15) is 50.3 Å². The Kier molecular flexibility index (Phi) is 7.43. The number of hydrogen-bond acceptors (Lipinski definition) is 7. The molecule has 1 amide bonds. The average molecular weight is 425 g/mol. The summed E-state index contributed by atoms with van der Waals surface area (Å²) >= 11 is 0. The number of anilines is 1. The fraction of sp³-hybridized carbons (Fsp3) is 0.565. The lowest BCUT2D eigenvalue weighted by Gasteiger charge is -2.33. The molecule has 2 aliphatic heterocycles. The molecule has 8 nitrogen and oxygen atoms in total. The average Bonchev–Trinajstić information content (AvgIpc) is 3.09. The van der Waals surface area contributed by atoms with Crippen LogP contribution in [0, 0.1) is 0 Å². The van der Waals surface area contributed by atoms with Crippen molar-refractivity contribution >= 4 is 11.9 Å². The first-order chi connectivity index (χ1) is 15.2. The molecule has 0 spiro atoms. The lowest BCUT2D eigenvalue weighted by Crippen LogP contribution is -2.42. The molecule has 0 aliphatic carbocycles. The van der Waals surface area contributed by atoms with Crippen LogP contribution in [0.25, 0.3) is 11.3 Å². The van der Waals surface area contributed by atoms with Gasteiger partial charge in [0.25, 0.3) is 0 Å². The van der Waals surface area contributed by atoms with Crippen molar-refractivity contribution in [2.45, 2.75) is 44.6 Å². The number of morpholine rings is 1. The van der Waals surface area contributed by atoms with Crippen molar-refractivity contribution in [2.75, 3.05) is 45.1 Å². The van der Waals surface area contributed by atoms with Crippen LogP contribution >= 0.6 is 0 Å². The minimum Gasteiger partial charge on any atom is -0.368 e. The Morgan fingerprint density at radius 2 is 1.87 bits per heavy atom. The van der Waals surface area contributed by atoms with Crippen LogP contribution in [-0.4, -0.2) is 70.0 Å². The maximum atomic E-state index is 12.8. The summed E-state index contributed by atoms with van der Waals surface area (Å²) in [7, 11) is 0. The Morgan fingerprint density at radius 1 is 1.10 bits per heavy atom. The highest BCUT2D eigenvalue weighted by molar-refractivity contribution is 5.76. The number of ether oxygens (including phenoxy) is 1. The summed E-state index contributed by atoms with van der Waals surface area (Å²) in [5.74, 6) is 0.451. The van der Waals surface area contributed by atoms with E-state index in [9.17, 15) is 4.79 Å². The summed E-state index contributed by atoms with van der Waals surface area (Å²) in [5, 5.41) is 0. The van der Waals surface area contributed by atoms with Crippen LogP contribution in [0.4, 0.5) is 5.95 Å². The third-order valence-electron chi connectivity index (χ3n) is 6.05. The number of rotatable bonds is 6. The third-order valence-corrected chi connectivity index (χ3v) is 6.05. The van der Waals surface area contributed by atoms with Crippen molar-refractivity contribution in [3.05, 3.63) is 36.3 Å². The molecule has 2 aromatic heterocycles. The molecule has 0 bridgehead atoms. The number of carbonyl (C=O) groups is 1. The van der Waals surface area contributed by atoms with E-state index in [4.69, 9.17) is 15.5 Å². The predicted molar refractivity (Wildman–Crippen MR) is 119 cm³/mol. The zero-order valence-corrected chi connectivity index (χ0v) is 18.1. The molecule has 4 rings (SSSR count). The summed E-state index contributed by atoms with van der Waals surface area (Å²) in [4.78, 5) is 30.1. The van der Waals surface area contributed by atoms with Crippen molar-refractivity contribution in [3.63, 3.8) is 0 Å². The number of nitrogens with zero attached hydrogens (tertiary/aromatic N) is 5. The molecule has 8 heteroatoms. The van der Waals surface area contributed by atoms with Crippen molar-refractivity contribution < 1.29 is 9.53 Å². The fourth-order valence-electron chi connectivity index (χ4n) is 4.29. The first-order valence-corrected chi connectivity index (χ1v) is 11.4. The molecule has 31 heavy (non-hydrogen) atoms. The smallest absolute Gasteiger partial charge is 0.222 e. The van der Waals surface area contributed by atoms with Crippen molar-refractivity contribution in [2.24, 2.45) is 0 Å². The standard InChI is InChI=1S/C23H32N6O2/c24-23-25-15-18(16-26-23)19-7-5-8-20(27-19)21-17-29(13-14-31-21)22(30)9-6-12-28-10-3-1-2-4-11-28/h5,7-8,15-16,21H,1-4,6,9-14,17H2,(H2,24,25,26). The van der Waals surface area contributed by atoms with Gasteiger partial charge in [-0.3, -0.25) is 4.79 Å². The van der Waals surface area contributed by atoms with E-state index in [1.54, 1.807) is 12.4 Å². The molecule has 2 aromatic rings. The minimum absolute atomic E-state index is 0.214. The van der Waals surface area contributed by atoms with E-state index < -0.39 is 0 Å². The van der Waals surface area contributed by atoms with Gasteiger partial charge in [0.1, 0.15) is 6.10 Å². The lowest BCUT2D eigenvalue weighted by atomic mass is 10.1. The van der Waals surface area contributed by atoms with Gasteiger partial charge in [0.15, 0.2) is 0 Å². The van der Waals surface area contributed by atoms with E-state index in [0.29, 0.717) is 26.1 Å². The lowest BCUT2D eigenvalue weighted by molar-refractivity contribution is -0.139. The highest BCUT2D eigenvalue weighted by Crippen LogP contribution is 2.24. The molecule has 1 unspecified atom stereocenters. The van der Waals surface area contributed by atoms with Crippen molar-refractivity contribution in [3.8, 4) is 11.3 Å². The van der Waals surface area contributed by atoms with Crippen molar-refractivity contribution in [1.29, 1.82) is 0 Å². The molecule has 2 fully saturated rings. The van der Waals surface area contributed by atoms with E-state index in [1.807, 2.05) is 23.1 Å². The second-order valence-electron chi connectivity index (χ2n) is 8.34. The first kappa shape index (κ1) is 21.6. The zero-order chi connectivity index (χ0) is 21.5. The zero-order valence-electron chi connectivity index (χ0n) is 18.1. The first-order valence-electron chi connectivity index (χ1n) is 11.4. The number of nitrogen functional groups attached to an aromatic ring is 1. The van der Waals surface area contributed by atoms with Gasteiger partial charge in [-0.15, -0.1) is 0 Å². The van der Waals surface area contributed by atoms with Crippen molar-refractivity contribution in [1.82, 2.24) is 24.8 Å². The maximum absolute atomic E-state index is 12.8. The van der Waals surface area contributed by atoms with Gasteiger partial charge in [-0.05, 0) is 51.0 Å². The maximum Gasteiger partial charge on any atom is 0.222 e. The summed E-state index contributed by atoms with van der Waals surface area (Å²) in [6, 6.07) is 5.80. The Morgan fingerprint density at radius 3 is 2.65 bits per heavy atom. The van der Waals surface area contributed by atoms with Crippen LogP contribution in [0.2, 0.25) is 0 Å². The molecule has 0 radical (unpaired) electrons. The summed E-state index contributed by atoms with van der Waals surface area (Å²) in [6.45, 7) is 5.08. The molecule has 0 saturated carbocycles. The molecular weight excluding hydrogens is 392 g/mol. The molecule has 2 saturated heterocycles. The number of hydrogen-bond donors (Lipinski definition) is 1. The Labute approximate surface area is 183 Å². The Balaban J connectivity index is 1.32. The van der Waals surface area contributed by atoms with Gasteiger partial charge in [-0.25, -0.2) is 15.0 Å². The third kappa shape index (κ3) is 5.98. The minimum atomic E-state index is -0.224. The molecular formula is C23H32N6O2. The molecule has 2 aliphatic rings. The molecule has 4 heterocycles. The van der Waals surface area contributed by atoms with Gasteiger partial charge in [-0.2, -0.15) is 0 Å². The second-order valence-corrected chi connectivity index (χ2v) is 8.34. The highest BCUT2D eigenvalue weighted by atomic mass is 16.5. The van der Waals surface area contributed by atoms with E-state index in [2.05, 4.69) is 14.9 Å². The van der Waals surface area contributed by atoms with Gasteiger partial charge < -0.3 is 20.3 Å². The summed E-state index contributed by atoms with van der Waals surface area (Å²) in [6.07, 6.45) is 9.87. The Bertz CT molecular complexity index is 851. The Hall–Kier alpha value is -2.58. The highest BCUT2D eigenvalue weighted by Gasteiger charge is 2.26. The van der Waals surface area contributed by atoms with Gasteiger partial charge in [0.2, 0.25) is 11.9 Å². The summed E-state index contributed by atoms with van der Waals surface area (Å²) in [5.41, 5.74) is 7.96. The van der Waals surface area contributed by atoms with Crippen LogP contribution < -0.4 is 5.73 Å². The topological polar surface area (TPSA) is 97.5 Å². The van der Waals surface area contributed by atoms with Gasteiger partial charge in [0.05, 0.1) is 24.5 Å². The molecule has 2 N–H and O–H groups in total. The largest absolute Gasteiger partial charge is 0.368 e. The second kappa shape index (κ2) is 10.6. The number of amides is 1. The SMILES string of the molecule is Nc1ncc(-c2cccc(C3CN(C(=O)CCCN4CCCCCC4)CCO3)n2)cn1. The number of carbonyl (C=O) groups excluding carboxylic acids is 1. The van der Waals surface area contributed by atoms with E-state index >= 15 is 0 Å². The van der Waals surface area contributed by atoms with E-state index in [0.717, 1.165) is 29.9 Å². The summed E-state index contributed by atoms with van der Waals surface area (Å²) < 4.78 is 5.95. The van der Waals surface area contributed by atoms with Gasteiger partial charge >= 0.3 is 0 Å². The van der Waals surface area contributed by atoms with Crippen LogP contribution in [-0.2, 0) is 9.53 Å². The van der Waals surface area contributed by atoms with Crippen LogP contribution in [0.5, 0.6) is 0 Å². The normalized spacial score (nSPS) is 20.4. The number of likely N-dealkylation sites (tertiary alicyclic amines) is 1. The monoisotopic (exact) mass is 424 g/mol. The molecule has 166 valence electrons. The fourth-order valence-corrected chi connectivity index (χ4v) is 4.29. The molecule has 0 aromatic carbocycles. The van der Waals surface area contributed by atoms with Crippen LogP contribution in [0.15, 0.2) is 30.6 Å². The van der Waals surface area contributed by atoms with Gasteiger partial charge in [-0.1, -0.05) is 18.9 Å². The molecule has 1 atom stereocenters. The number of pyridine rings is 1. The predicted octanol–water partition coefficient (Wildman–Crippen LogP) is 2.68. The van der Waals surface area contributed by atoms with Gasteiger partial charge in [0, 0.05) is 30.9 Å². The quantitative estimate of drug-likeness (QED) is 0.761. The van der Waals surface area contributed by atoms with E-state index in [-0.39, 0.29) is 18.0 Å². The number of aromatic nitrogens is 3.